The van der Waals surface area contributed by atoms with Crippen LogP contribution >= 0.6 is 23.1 Å². The number of nitro groups is 1. The maximum atomic E-state index is 11.0. The van der Waals surface area contributed by atoms with E-state index in [1.807, 2.05) is 17.5 Å². The van der Waals surface area contributed by atoms with E-state index in [-0.39, 0.29) is 11.8 Å². The van der Waals surface area contributed by atoms with E-state index in [9.17, 15) is 10.1 Å². The largest absolute Gasteiger partial charge is 0.376 e. The second-order valence-corrected chi connectivity index (χ2v) is 9.03. The van der Waals surface area contributed by atoms with Crippen LogP contribution in [0.15, 0.2) is 51.5 Å². The average Bonchev–Trinajstić information content (AvgIpc) is 3.60. The quantitative estimate of drug-likeness (QED) is 0.209. The second-order valence-electron chi connectivity index (χ2n) is 7.14. The van der Waals surface area contributed by atoms with Crippen LogP contribution in [0.2, 0.25) is 0 Å². The molecule has 5 rings (SSSR count). The summed E-state index contributed by atoms with van der Waals surface area (Å²) in [5, 5.41) is 26.5. The van der Waals surface area contributed by atoms with Crippen molar-refractivity contribution in [2.75, 3.05) is 6.61 Å². The highest BCUT2D eigenvalue weighted by Gasteiger charge is 2.23. The minimum Gasteiger partial charge on any atom is -0.376 e. The molecular weight excluding hydrogens is 452 g/mol. The Labute approximate surface area is 190 Å². The van der Waals surface area contributed by atoms with Gasteiger partial charge in [0.15, 0.2) is 11.0 Å². The van der Waals surface area contributed by atoms with Gasteiger partial charge in [-0.25, -0.2) is 0 Å². The van der Waals surface area contributed by atoms with Gasteiger partial charge in [0.1, 0.15) is 0 Å². The standard InChI is InChI=1S/C20H18N6O4S2/c27-26(28)14-5-1-4-13(10-14)18-21-17(30-24-18)12-32-20-23-22-19(16-7-3-9-31-16)25(20)11-15-6-2-8-29-15/h1,3-5,7,9-10,15H,2,6,8,11-12H2. The SMILES string of the molecule is O=[N+]([O-])c1cccc(-c2noc(CSc3nnc(-c4cccs4)n3CC3CCCO3)n2)c1. The summed E-state index contributed by atoms with van der Waals surface area (Å²) in [4.78, 5) is 16.0. The molecular formula is C20H18N6O4S2. The predicted molar refractivity (Wildman–Crippen MR) is 118 cm³/mol. The van der Waals surface area contributed by atoms with E-state index in [1.54, 1.807) is 23.5 Å². The van der Waals surface area contributed by atoms with Crippen LogP contribution in [-0.2, 0) is 17.0 Å². The predicted octanol–water partition coefficient (Wildman–Crippen LogP) is 4.44. The molecule has 0 saturated carbocycles. The van der Waals surface area contributed by atoms with E-state index in [4.69, 9.17) is 9.26 Å². The maximum absolute atomic E-state index is 11.0. The zero-order valence-electron chi connectivity index (χ0n) is 16.8. The highest BCUT2D eigenvalue weighted by Crippen LogP contribution is 2.30. The molecule has 1 aromatic carbocycles. The maximum Gasteiger partial charge on any atom is 0.270 e. The number of benzene rings is 1. The average molecular weight is 471 g/mol. The van der Waals surface area contributed by atoms with Crippen LogP contribution < -0.4 is 0 Å². The van der Waals surface area contributed by atoms with E-state index in [2.05, 4.69) is 24.9 Å². The van der Waals surface area contributed by atoms with Gasteiger partial charge in [0, 0.05) is 24.3 Å². The Hall–Kier alpha value is -3.09. The Morgan fingerprint density at radius 3 is 3.00 bits per heavy atom. The van der Waals surface area contributed by atoms with Crippen molar-refractivity contribution in [3.05, 3.63) is 57.8 Å². The first-order chi connectivity index (χ1) is 15.7. The Bertz CT molecular complexity index is 1220. The topological polar surface area (TPSA) is 122 Å². The number of aromatic nitrogens is 5. The van der Waals surface area contributed by atoms with Crippen molar-refractivity contribution >= 4 is 28.8 Å². The minimum absolute atomic E-state index is 0.0217. The van der Waals surface area contributed by atoms with Crippen molar-refractivity contribution in [1.29, 1.82) is 0 Å². The first-order valence-electron chi connectivity index (χ1n) is 9.96. The molecule has 12 heteroatoms. The van der Waals surface area contributed by atoms with E-state index in [0.29, 0.717) is 29.6 Å². The third-order valence-corrected chi connectivity index (χ3v) is 6.79. The monoisotopic (exact) mass is 470 g/mol. The van der Waals surface area contributed by atoms with Crippen molar-refractivity contribution in [3.8, 4) is 22.1 Å². The molecule has 0 bridgehead atoms. The molecule has 0 amide bonds. The molecule has 1 aliphatic rings. The van der Waals surface area contributed by atoms with Crippen LogP contribution in [0.4, 0.5) is 5.69 Å². The molecule has 1 saturated heterocycles. The third-order valence-electron chi connectivity index (χ3n) is 4.98. The first-order valence-corrected chi connectivity index (χ1v) is 11.8. The molecule has 1 atom stereocenters. The highest BCUT2D eigenvalue weighted by molar-refractivity contribution is 7.98. The Kier molecular flexibility index (Phi) is 5.97. The van der Waals surface area contributed by atoms with Gasteiger partial charge in [-0.1, -0.05) is 35.1 Å². The summed E-state index contributed by atoms with van der Waals surface area (Å²) in [6.45, 7) is 1.47. The number of nitro benzene ring substituents is 1. The van der Waals surface area contributed by atoms with Crippen molar-refractivity contribution in [1.82, 2.24) is 24.9 Å². The van der Waals surface area contributed by atoms with Crippen LogP contribution in [0.25, 0.3) is 22.1 Å². The number of non-ortho nitro benzene ring substituents is 1. The molecule has 10 nitrogen and oxygen atoms in total. The van der Waals surface area contributed by atoms with Gasteiger partial charge < -0.3 is 9.26 Å². The summed E-state index contributed by atoms with van der Waals surface area (Å²) in [5.41, 5.74) is 0.507. The van der Waals surface area contributed by atoms with Gasteiger partial charge in [-0.05, 0) is 24.3 Å². The number of thioether (sulfide) groups is 1. The van der Waals surface area contributed by atoms with Crippen LogP contribution in [-0.4, -0.2) is 42.5 Å². The number of hydrogen-bond donors (Lipinski definition) is 0. The summed E-state index contributed by atoms with van der Waals surface area (Å²) in [5.74, 6) is 1.93. The fourth-order valence-electron chi connectivity index (χ4n) is 3.46. The summed E-state index contributed by atoms with van der Waals surface area (Å²) in [7, 11) is 0. The number of nitrogens with zero attached hydrogens (tertiary/aromatic N) is 6. The van der Waals surface area contributed by atoms with Gasteiger partial charge in [-0.2, -0.15) is 4.98 Å². The molecule has 3 aromatic heterocycles. The lowest BCUT2D eigenvalue weighted by atomic mass is 10.2. The van der Waals surface area contributed by atoms with Gasteiger partial charge in [-0.15, -0.1) is 21.5 Å². The van der Waals surface area contributed by atoms with Crippen molar-refractivity contribution in [2.45, 2.75) is 36.4 Å². The Morgan fingerprint density at radius 1 is 1.28 bits per heavy atom. The Morgan fingerprint density at radius 2 is 2.22 bits per heavy atom. The van der Waals surface area contributed by atoms with Gasteiger partial charge in [0.25, 0.3) is 5.69 Å². The van der Waals surface area contributed by atoms with E-state index >= 15 is 0 Å². The van der Waals surface area contributed by atoms with Crippen molar-refractivity contribution in [3.63, 3.8) is 0 Å². The van der Waals surface area contributed by atoms with E-state index < -0.39 is 4.92 Å². The van der Waals surface area contributed by atoms with E-state index in [1.165, 1.54) is 23.9 Å². The lowest BCUT2D eigenvalue weighted by molar-refractivity contribution is -0.384. The fraction of sp³-hybridized carbons (Fsp3) is 0.300. The number of rotatable bonds is 8. The fourth-order valence-corrected chi connectivity index (χ4v) is 4.96. The summed E-state index contributed by atoms with van der Waals surface area (Å²) in [6, 6.07) is 10.2. The molecule has 0 N–H and O–H groups in total. The zero-order chi connectivity index (χ0) is 21.9. The summed E-state index contributed by atoms with van der Waals surface area (Å²) in [6.07, 6.45) is 2.22. The third kappa shape index (κ3) is 4.42. The van der Waals surface area contributed by atoms with Gasteiger partial charge in [0.05, 0.1) is 28.2 Å². The summed E-state index contributed by atoms with van der Waals surface area (Å²) < 4.78 is 13.3. The first kappa shape index (κ1) is 20.8. The number of hydrogen-bond acceptors (Lipinski definition) is 10. The van der Waals surface area contributed by atoms with Crippen LogP contribution in [0.3, 0.4) is 0 Å². The molecule has 4 heterocycles. The van der Waals surface area contributed by atoms with E-state index in [0.717, 1.165) is 35.3 Å². The summed E-state index contributed by atoms with van der Waals surface area (Å²) >= 11 is 3.07. The van der Waals surface area contributed by atoms with Gasteiger partial charge >= 0.3 is 0 Å². The molecule has 164 valence electrons. The number of ether oxygens (including phenoxy) is 1. The van der Waals surface area contributed by atoms with Crippen LogP contribution in [0.5, 0.6) is 0 Å². The molecule has 1 unspecified atom stereocenters. The molecule has 0 aliphatic carbocycles. The lowest BCUT2D eigenvalue weighted by Crippen LogP contribution is -2.16. The smallest absolute Gasteiger partial charge is 0.270 e. The van der Waals surface area contributed by atoms with Gasteiger partial charge in [0.2, 0.25) is 11.7 Å². The number of thiophene rings is 1. The molecule has 32 heavy (non-hydrogen) atoms. The van der Waals surface area contributed by atoms with Gasteiger partial charge in [-0.3, -0.25) is 14.7 Å². The molecule has 0 radical (unpaired) electrons. The van der Waals surface area contributed by atoms with Crippen molar-refractivity contribution < 1.29 is 14.2 Å². The van der Waals surface area contributed by atoms with Crippen molar-refractivity contribution in [2.24, 2.45) is 0 Å². The minimum atomic E-state index is -0.452. The molecule has 1 aliphatic heterocycles. The molecule has 0 spiro atoms. The van der Waals surface area contributed by atoms with Crippen LogP contribution in [0, 0.1) is 10.1 Å². The second kappa shape index (κ2) is 9.18. The molecule has 4 aromatic rings. The lowest BCUT2D eigenvalue weighted by Gasteiger charge is -2.13. The highest BCUT2D eigenvalue weighted by atomic mass is 32.2. The van der Waals surface area contributed by atoms with Crippen LogP contribution in [0.1, 0.15) is 18.7 Å². The zero-order valence-corrected chi connectivity index (χ0v) is 18.4. The normalized spacial score (nSPS) is 15.9. The molecule has 1 fully saturated rings. The Balaban J connectivity index is 1.34.